The molecular formula is C16H21ClO3. The first-order valence-corrected chi connectivity index (χ1v) is 7.48. The molecule has 3 unspecified atom stereocenters. The van der Waals surface area contributed by atoms with Gasteiger partial charge in [0.15, 0.2) is 0 Å². The van der Waals surface area contributed by atoms with Gasteiger partial charge in [-0.15, -0.1) is 0 Å². The van der Waals surface area contributed by atoms with Gasteiger partial charge in [-0.25, -0.2) is 0 Å². The molecule has 0 aliphatic heterocycles. The number of carbonyl (C=O) groups is 1. The van der Waals surface area contributed by atoms with Crippen LogP contribution in [0.2, 0.25) is 5.02 Å². The SMILES string of the molecule is COC1CCCC(C(Cc2ccccc2Cl)C(=O)O)C1. The van der Waals surface area contributed by atoms with Crippen molar-refractivity contribution in [2.24, 2.45) is 11.8 Å². The molecule has 0 bridgehead atoms. The van der Waals surface area contributed by atoms with Gasteiger partial charge in [-0.05, 0) is 43.2 Å². The molecule has 3 nitrogen and oxygen atoms in total. The molecule has 0 spiro atoms. The zero-order chi connectivity index (χ0) is 14.5. The molecule has 3 atom stereocenters. The van der Waals surface area contributed by atoms with Crippen LogP contribution in [-0.2, 0) is 16.0 Å². The Balaban J connectivity index is 2.11. The van der Waals surface area contributed by atoms with Crippen molar-refractivity contribution in [3.8, 4) is 0 Å². The van der Waals surface area contributed by atoms with Crippen molar-refractivity contribution in [3.63, 3.8) is 0 Å². The number of carboxylic acids is 1. The maximum atomic E-state index is 11.6. The Morgan fingerprint density at radius 2 is 2.20 bits per heavy atom. The van der Waals surface area contributed by atoms with Gasteiger partial charge in [0.1, 0.15) is 0 Å². The molecule has 1 saturated carbocycles. The number of hydrogen-bond acceptors (Lipinski definition) is 2. The van der Waals surface area contributed by atoms with Gasteiger partial charge in [-0.2, -0.15) is 0 Å². The van der Waals surface area contributed by atoms with Crippen LogP contribution in [0.3, 0.4) is 0 Å². The van der Waals surface area contributed by atoms with E-state index in [1.807, 2.05) is 24.3 Å². The molecule has 1 aromatic carbocycles. The normalized spacial score (nSPS) is 24.3. The van der Waals surface area contributed by atoms with E-state index in [2.05, 4.69) is 0 Å². The van der Waals surface area contributed by atoms with Gasteiger partial charge < -0.3 is 9.84 Å². The van der Waals surface area contributed by atoms with E-state index in [-0.39, 0.29) is 17.9 Å². The van der Waals surface area contributed by atoms with E-state index in [0.29, 0.717) is 11.4 Å². The first kappa shape index (κ1) is 15.3. The molecular weight excluding hydrogens is 276 g/mol. The van der Waals surface area contributed by atoms with E-state index in [4.69, 9.17) is 16.3 Å². The number of carboxylic acid groups (broad SMARTS) is 1. The summed E-state index contributed by atoms with van der Waals surface area (Å²) in [5.41, 5.74) is 0.918. The summed E-state index contributed by atoms with van der Waals surface area (Å²) in [5.74, 6) is -0.943. The van der Waals surface area contributed by atoms with Gasteiger partial charge >= 0.3 is 5.97 Å². The average molecular weight is 297 g/mol. The molecule has 1 fully saturated rings. The lowest BCUT2D eigenvalue weighted by molar-refractivity contribution is -0.144. The van der Waals surface area contributed by atoms with Crippen molar-refractivity contribution in [2.45, 2.75) is 38.2 Å². The highest BCUT2D eigenvalue weighted by molar-refractivity contribution is 6.31. The smallest absolute Gasteiger partial charge is 0.307 e. The summed E-state index contributed by atoms with van der Waals surface area (Å²) in [7, 11) is 1.71. The lowest BCUT2D eigenvalue weighted by Gasteiger charge is -2.32. The first-order valence-electron chi connectivity index (χ1n) is 7.10. The molecule has 0 heterocycles. The fourth-order valence-corrected chi connectivity index (χ4v) is 3.33. The molecule has 0 radical (unpaired) electrons. The van der Waals surface area contributed by atoms with Gasteiger partial charge in [0.05, 0.1) is 12.0 Å². The highest BCUT2D eigenvalue weighted by Crippen LogP contribution is 2.34. The molecule has 2 rings (SSSR count). The Bertz CT molecular complexity index is 461. The van der Waals surface area contributed by atoms with Gasteiger partial charge in [0.25, 0.3) is 0 Å². The van der Waals surface area contributed by atoms with Crippen LogP contribution < -0.4 is 0 Å². The average Bonchev–Trinajstić information content (AvgIpc) is 2.46. The van der Waals surface area contributed by atoms with Crippen LogP contribution in [0.4, 0.5) is 0 Å². The summed E-state index contributed by atoms with van der Waals surface area (Å²) in [6, 6.07) is 7.49. The Morgan fingerprint density at radius 1 is 1.45 bits per heavy atom. The summed E-state index contributed by atoms with van der Waals surface area (Å²) >= 11 is 6.15. The number of rotatable bonds is 5. The molecule has 20 heavy (non-hydrogen) atoms. The van der Waals surface area contributed by atoms with Crippen LogP contribution >= 0.6 is 11.6 Å². The Morgan fingerprint density at radius 3 is 2.85 bits per heavy atom. The predicted molar refractivity (Wildman–Crippen MR) is 79.0 cm³/mol. The van der Waals surface area contributed by atoms with Crippen LogP contribution in [0.1, 0.15) is 31.2 Å². The van der Waals surface area contributed by atoms with Crippen molar-refractivity contribution in [2.75, 3.05) is 7.11 Å². The number of ether oxygens (including phenoxy) is 1. The largest absolute Gasteiger partial charge is 0.481 e. The third kappa shape index (κ3) is 3.74. The second-order valence-corrected chi connectivity index (χ2v) is 5.93. The number of halogens is 1. The molecule has 110 valence electrons. The molecule has 4 heteroatoms. The van der Waals surface area contributed by atoms with Crippen LogP contribution in [-0.4, -0.2) is 24.3 Å². The van der Waals surface area contributed by atoms with Crippen LogP contribution in [0.25, 0.3) is 0 Å². The van der Waals surface area contributed by atoms with Gasteiger partial charge in [-0.3, -0.25) is 4.79 Å². The number of hydrogen-bond donors (Lipinski definition) is 1. The third-order valence-electron chi connectivity index (χ3n) is 4.28. The van der Waals surface area contributed by atoms with Crippen molar-refractivity contribution in [3.05, 3.63) is 34.9 Å². The van der Waals surface area contributed by atoms with E-state index >= 15 is 0 Å². The first-order chi connectivity index (χ1) is 9.61. The molecule has 0 saturated heterocycles. The highest BCUT2D eigenvalue weighted by atomic mass is 35.5. The van der Waals surface area contributed by atoms with Crippen molar-refractivity contribution >= 4 is 17.6 Å². The minimum atomic E-state index is -0.730. The monoisotopic (exact) mass is 296 g/mol. The fourth-order valence-electron chi connectivity index (χ4n) is 3.12. The van der Waals surface area contributed by atoms with Crippen LogP contribution in [0.5, 0.6) is 0 Å². The standard InChI is InChI=1S/C16H21ClO3/c1-20-13-7-4-6-11(9-13)14(16(18)19)10-12-5-2-3-8-15(12)17/h2-3,5,8,11,13-14H,4,6-7,9-10H2,1H3,(H,18,19). The lowest BCUT2D eigenvalue weighted by Crippen LogP contribution is -2.32. The molecule has 0 aromatic heterocycles. The van der Waals surface area contributed by atoms with Crippen molar-refractivity contribution in [1.82, 2.24) is 0 Å². The molecule has 1 aliphatic rings. The Labute approximate surface area is 124 Å². The van der Waals surface area contributed by atoms with Crippen LogP contribution in [0, 0.1) is 11.8 Å². The van der Waals surface area contributed by atoms with E-state index < -0.39 is 5.97 Å². The number of benzene rings is 1. The summed E-state index contributed by atoms with van der Waals surface area (Å²) < 4.78 is 5.41. The van der Waals surface area contributed by atoms with E-state index in [0.717, 1.165) is 31.2 Å². The van der Waals surface area contributed by atoms with Gasteiger partial charge in [0, 0.05) is 12.1 Å². The molecule has 0 amide bonds. The maximum Gasteiger partial charge on any atom is 0.307 e. The quantitative estimate of drug-likeness (QED) is 0.899. The van der Waals surface area contributed by atoms with E-state index in [1.165, 1.54) is 0 Å². The predicted octanol–water partition coefficient (Wildman–Crippen LogP) is 3.79. The Hall–Kier alpha value is -1.06. The van der Waals surface area contributed by atoms with E-state index in [9.17, 15) is 9.90 Å². The summed E-state index contributed by atoms with van der Waals surface area (Å²) in [6.07, 6.45) is 4.55. The number of aliphatic carboxylic acids is 1. The third-order valence-corrected chi connectivity index (χ3v) is 4.65. The van der Waals surface area contributed by atoms with Crippen molar-refractivity contribution in [1.29, 1.82) is 0 Å². The zero-order valence-corrected chi connectivity index (χ0v) is 12.5. The minimum Gasteiger partial charge on any atom is -0.481 e. The fraction of sp³-hybridized carbons (Fsp3) is 0.562. The highest BCUT2D eigenvalue weighted by Gasteiger charge is 2.33. The van der Waals surface area contributed by atoms with Crippen molar-refractivity contribution < 1.29 is 14.6 Å². The number of methoxy groups -OCH3 is 1. The van der Waals surface area contributed by atoms with Gasteiger partial charge in [0.2, 0.25) is 0 Å². The molecule has 1 aromatic rings. The summed E-state index contributed by atoms with van der Waals surface area (Å²) in [6.45, 7) is 0. The molecule has 1 aliphatic carbocycles. The van der Waals surface area contributed by atoms with Gasteiger partial charge in [-0.1, -0.05) is 36.2 Å². The molecule has 1 N–H and O–H groups in total. The minimum absolute atomic E-state index is 0.169. The zero-order valence-electron chi connectivity index (χ0n) is 11.7. The summed E-state index contributed by atoms with van der Waals surface area (Å²) in [5, 5.41) is 10.2. The Kier molecular flexibility index (Phi) is 5.44. The lowest BCUT2D eigenvalue weighted by atomic mass is 9.76. The maximum absolute atomic E-state index is 11.6. The topological polar surface area (TPSA) is 46.5 Å². The second kappa shape index (κ2) is 7.09. The van der Waals surface area contributed by atoms with Crippen LogP contribution in [0.15, 0.2) is 24.3 Å². The van der Waals surface area contributed by atoms with E-state index in [1.54, 1.807) is 7.11 Å². The second-order valence-electron chi connectivity index (χ2n) is 5.52. The summed E-state index contributed by atoms with van der Waals surface area (Å²) in [4.78, 5) is 11.6.